The normalized spacial score (nSPS) is 33.7. The van der Waals surface area contributed by atoms with Crippen molar-refractivity contribution in [3.63, 3.8) is 0 Å². The lowest BCUT2D eigenvalue weighted by molar-refractivity contribution is -0.302. The Hall–Kier alpha value is -4.07. The fourth-order valence-electron chi connectivity index (χ4n) is 10.0. The zero-order valence-electron chi connectivity index (χ0n) is 41.2. The lowest BCUT2D eigenvalue weighted by Crippen LogP contribution is -2.60. The van der Waals surface area contributed by atoms with Gasteiger partial charge in [-0.05, 0) is 84.5 Å². The van der Waals surface area contributed by atoms with Gasteiger partial charge in [-0.15, -0.1) is 5.10 Å². The number of aliphatic hydroxyl groups excluding tert-OH is 3. The summed E-state index contributed by atoms with van der Waals surface area (Å²) in [5, 5.41) is 65.0. The van der Waals surface area contributed by atoms with Crippen LogP contribution in [0.3, 0.4) is 0 Å². The lowest BCUT2D eigenvalue weighted by Gasteiger charge is -2.48. The second-order valence-corrected chi connectivity index (χ2v) is 19.8. The van der Waals surface area contributed by atoms with Crippen LogP contribution in [-0.2, 0) is 48.2 Å². The molecule has 14 atom stereocenters. The summed E-state index contributed by atoms with van der Waals surface area (Å²) in [4.78, 5) is 41.6. The molecule has 0 radical (unpaired) electrons. The van der Waals surface area contributed by atoms with E-state index in [1.807, 2.05) is 49.1 Å². The fourth-order valence-corrected chi connectivity index (χ4v) is 10.0. The average Bonchev–Trinajstić information content (AvgIpc) is 3.78. The summed E-state index contributed by atoms with van der Waals surface area (Å²) >= 11 is 0. The molecular weight excluding hydrogens is 863 g/mol. The van der Waals surface area contributed by atoms with Gasteiger partial charge in [0.15, 0.2) is 12.0 Å². The number of aliphatic hydroxyl groups is 4. The van der Waals surface area contributed by atoms with Crippen LogP contribution in [0.4, 0.5) is 0 Å². The van der Waals surface area contributed by atoms with Gasteiger partial charge in [0.05, 0.1) is 42.1 Å². The highest BCUT2D eigenvalue weighted by Crippen LogP contribution is 2.39. The molecule has 2 aromatic heterocycles. The molecule has 0 unspecified atom stereocenters. The zero-order chi connectivity index (χ0) is 49.4. The summed E-state index contributed by atoms with van der Waals surface area (Å²) in [5.74, 6) is -5.00. The number of pyridine rings is 1. The van der Waals surface area contributed by atoms with Gasteiger partial charge in [0.1, 0.15) is 29.3 Å². The number of esters is 1. The van der Waals surface area contributed by atoms with Crippen molar-refractivity contribution in [2.75, 3.05) is 14.2 Å². The van der Waals surface area contributed by atoms with E-state index < -0.39 is 83.7 Å². The number of Topliss-reactive ketones (excluding diaryl/α,β-unsaturated/α-hetero) is 1. The summed E-state index contributed by atoms with van der Waals surface area (Å²) in [6.45, 7) is 15.0. The molecule has 374 valence electrons. The Bertz CT molecular complexity index is 2110. The van der Waals surface area contributed by atoms with E-state index in [0.29, 0.717) is 19.5 Å². The van der Waals surface area contributed by atoms with E-state index in [0.717, 1.165) is 55.5 Å². The summed E-state index contributed by atoms with van der Waals surface area (Å²) in [7, 11) is 3.41. The summed E-state index contributed by atoms with van der Waals surface area (Å²) in [6, 6.07) is 10.7. The van der Waals surface area contributed by atoms with Crippen molar-refractivity contribution in [2.45, 2.75) is 187 Å². The van der Waals surface area contributed by atoms with Gasteiger partial charge in [0, 0.05) is 62.3 Å². The van der Waals surface area contributed by atoms with Crippen LogP contribution in [0.15, 0.2) is 53.6 Å². The standard InChI is InChI=1S/C50H77N5O12/c1-11-40-50(8,63)44(60)32(4)41(57)30(2)27-49(7,64-10)45(33(5)42(58)34(6)47(62)66-40)67-48-43(59)38(26-31(3)65-48)53(9)28-35-19-21-36(22-20-35)37-29-55(52-51-37)25-16-14-12-13-15-23-54-24-17-18-39(56)46(54)61/h17-22,24,29-34,38,40,42-45,48,56,58-60,63H,11-16,23,25-28H2,1-10H3/t30-,31-,32+,33+,34-,38+,40-,42+,43-,44-,45-,48+,49-,50-/m1/s1. The molecule has 2 fully saturated rings. The van der Waals surface area contributed by atoms with Gasteiger partial charge < -0.3 is 49.0 Å². The number of ether oxygens (including phenoxy) is 4. The number of cyclic esters (lactones) is 1. The largest absolute Gasteiger partial charge is 0.503 e. The number of aromatic hydroxyl groups is 1. The summed E-state index contributed by atoms with van der Waals surface area (Å²) in [5.41, 5.74) is -0.889. The van der Waals surface area contributed by atoms with Gasteiger partial charge in [0.2, 0.25) is 0 Å². The maximum absolute atomic E-state index is 13.9. The third-order valence-corrected chi connectivity index (χ3v) is 14.4. The van der Waals surface area contributed by atoms with Crippen molar-refractivity contribution in [3.8, 4) is 17.0 Å². The fraction of sp³-hybridized carbons (Fsp3) is 0.700. The number of benzene rings is 1. The molecule has 0 spiro atoms. The zero-order valence-corrected chi connectivity index (χ0v) is 41.2. The first-order chi connectivity index (χ1) is 31.6. The Balaban J connectivity index is 1.23. The number of hydrogen-bond acceptors (Lipinski definition) is 15. The number of methoxy groups -OCH3 is 1. The van der Waals surface area contributed by atoms with Crippen LogP contribution in [0.1, 0.15) is 112 Å². The van der Waals surface area contributed by atoms with Gasteiger partial charge in [-0.2, -0.15) is 0 Å². The molecule has 67 heavy (non-hydrogen) atoms. The second-order valence-electron chi connectivity index (χ2n) is 19.8. The number of nitrogens with zero attached hydrogens (tertiary/aromatic N) is 5. The molecule has 17 heteroatoms. The third kappa shape index (κ3) is 13.0. The first-order valence-corrected chi connectivity index (χ1v) is 24.1. The maximum Gasteiger partial charge on any atom is 0.311 e. The topological polar surface area (TPSA) is 228 Å². The van der Waals surface area contributed by atoms with Gasteiger partial charge >= 0.3 is 5.97 Å². The highest BCUT2D eigenvalue weighted by atomic mass is 16.7. The number of carbonyl (C=O) groups is 2. The monoisotopic (exact) mass is 940 g/mol. The lowest BCUT2D eigenvalue weighted by atomic mass is 9.74. The van der Waals surface area contributed by atoms with E-state index in [1.54, 1.807) is 46.9 Å². The van der Waals surface area contributed by atoms with Crippen LogP contribution in [0.5, 0.6) is 5.75 Å². The SMILES string of the molecule is CC[C@H]1OC(=O)[C@H](C)[C@@H](O)[C@H](C)[C@@H](O[C@@H]2O[C@H](C)C[C@H](N(C)Cc3ccc(-c4cn(CCCCCCCn5cccc(O)c5=O)nn4)cc3)[C@H]2O)[C@](C)(OC)C[C@@H](C)C(=O)[C@H](C)[C@@H](O)[C@]1(C)O. The first-order valence-electron chi connectivity index (χ1n) is 24.1. The number of carbonyl (C=O) groups excluding carboxylic acids is 2. The van der Waals surface area contributed by atoms with Crippen molar-refractivity contribution in [1.29, 1.82) is 0 Å². The van der Waals surface area contributed by atoms with Gasteiger partial charge in [-0.3, -0.25) is 24.0 Å². The van der Waals surface area contributed by atoms with Crippen molar-refractivity contribution in [3.05, 3.63) is 64.7 Å². The Morgan fingerprint density at radius 3 is 2.22 bits per heavy atom. The average molecular weight is 940 g/mol. The summed E-state index contributed by atoms with van der Waals surface area (Å²) in [6.07, 6.45) is 1.47. The molecule has 0 bridgehead atoms. The van der Waals surface area contributed by atoms with E-state index in [4.69, 9.17) is 18.9 Å². The predicted molar refractivity (Wildman–Crippen MR) is 250 cm³/mol. The maximum atomic E-state index is 13.9. The third-order valence-electron chi connectivity index (χ3n) is 14.4. The minimum atomic E-state index is -1.96. The summed E-state index contributed by atoms with van der Waals surface area (Å²) < 4.78 is 28.3. The molecule has 5 rings (SSSR count). The highest BCUT2D eigenvalue weighted by molar-refractivity contribution is 5.83. The Kier molecular flexibility index (Phi) is 18.9. The van der Waals surface area contributed by atoms with Crippen LogP contribution in [0, 0.1) is 23.7 Å². The van der Waals surface area contributed by atoms with E-state index in [1.165, 1.54) is 31.6 Å². The molecule has 0 saturated carbocycles. The minimum Gasteiger partial charge on any atom is -0.503 e. The van der Waals surface area contributed by atoms with Crippen LogP contribution < -0.4 is 5.56 Å². The number of rotatable bonds is 16. The Morgan fingerprint density at radius 1 is 0.910 bits per heavy atom. The predicted octanol–water partition coefficient (Wildman–Crippen LogP) is 4.86. The van der Waals surface area contributed by atoms with Crippen molar-refractivity contribution >= 4 is 11.8 Å². The van der Waals surface area contributed by atoms with Crippen LogP contribution >= 0.6 is 0 Å². The molecule has 5 N–H and O–H groups in total. The number of unbranched alkanes of at least 4 members (excludes halogenated alkanes) is 4. The molecule has 1 aromatic carbocycles. The quantitative estimate of drug-likeness (QED) is 0.0955. The van der Waals surface area contributed by atoms with Crippen LogP contribution in [0.25, 0.3) is 11.3 Å². The molecule has 4 heterocycles. The molecule has 17 nitrogen and oxygen atoms in total. The Morgan fingerprint density at radius 2 is 1.57 bits per heavy atom. The molecule has 0 amide bonds. The molecule has 3 aromatic rings. The molecule has 2 aliphatic heterocycles. The van der Waals surface area contributed by atoms with Gasteiger partial charge in [-0.1, -0.05) is 76.4 Å². The van der Waals surface area contributed by atoms with Crippen molar-refractivity contribution in [1.82, 2.24) is 24.5 Å². The second kappa shape index (κ2) is 23.5. The first kappa shape index (κ1) is 53.9. The molecule has 2 saturated heterocycles. The minimum absolute atomic E-state index is 0.0865. The molecule has 0 aliphatic carbocycles. The highest BCUT2D eigenvalue weighted by Gasteiger charge is 2.52. The molecule has 2 aliphatic rings. The van der Waals surface area contributed by atoms with Crippen molar-refractivity contribution < 1.29 is 54.1 Å². The van der Waals surface area contributed by atoms with Crippen molar-refractivity contribution in [2.24, 2.45) is 23.7 Å². The molecular formula is C50H77N5O12. The van der Waals surface area contributed by atoms with E-state index >= 15 is 0 Å². The number of aryl methyl sites for hydroxylation is 2. The van der Waals surface area contributed by atoms with E-state index in [-0.39, 0.29) is 36.0 Å². The number of hydrogen-bond donors (Lipinski definition) is 5. The number of likely N-dealkylation sites (N-methyl/N-ethyl adjacent to an activating group) is 1. The van der Waals surface area contributed by atoms with Gasteiger partial charge in [0.25, 0.3) is 5.56 Å². The van der Waals surface area contributed by atoms with E-state index in [2.05, 4.69) is 15.2 Å². The number of aromatic nitrogens is 4. The Labute approximate surface area is 395 Å². The van der Waals surface area contributed by atoms with E-state index in [9.17, 15) is 39.9 Å². The smallest absolute Gasteiger partial charge is 0.311 e. The van der Waals surface area contributed by atoms with Gasteiger partial charge in [-0.25, -0.2) is 0 Å². The van der Waals surface area contributed by atoms with Crippen LogP contribution in [0.2, 0.25) is 0 Å². The van der Waals surface area contributed by atoms with Crippen LogP contribution in [-0.4, -0.2) is 136 Å². The number of ketones is 1.